The minimum absolute atomic E-state index is 0.406. The second kappa shape index (κ2) is 7.31. The predicted molar refractivity (Wildman–Crippen MR) is 82.3 cm³/mol. The highest BCUT2D eigenvalue weighted by Crippen LogP contribution is 2.25. The molecule has 1 atom stereocenters. The lowest BCUT2D eigenvalue weighted by atomic mass is 10.1. The SMILES string of the molecule is CCNC(C)c1cccc(SCc2cccnc2)c1. The first-order valence-corrected chi connectivity index (χ1v) is 7.63. The van der Waals surface area contributed by atoms with Crippen LogP contribution in [0.25, 0.3) is 0 Å². The van der Waals surface area contributed by atoms with E-state index in [0.717, 1.165) is 12.3 Å². The van der Waals surface area contributed by atoms with Crippen LogP contribution in [0.2, 0.25) is 0 Å². The van der Waals surface area contributed by atoms with Crippen molar-refractivity contribution in [2.24, 2.45) is 0 Å². The number of nitrogens with zero attached hydrogens (tertiary/aromatic N) is 1. The van der Waals surface area contributed by atoms with Gasteiger partial charge in [-0.2, -0.15) is 0 Å². The molecule has 0 aliphatic rings. The Hall–Kier alpha value is -1.32. The van der Waals surface area contributed by atoms with E-state index in [9.17, 15) is 0 Å². The summed E-state index contributed by atoms with van der Waals surface area (Å²) in [6.07, 6.45) is 3.74. The van der Waals surface area contributed by atoms with Crippen LogP contribution in [0, 0.1) is 0 Å². The molecule has 0 bridgehead atoms. The molecule has 0 saturated carbocycles. The Bertz CT molecular complexity index is 499. The summed E-state index contributed by atoms with van der Waals surface area (Å²) in [4.78, 5) is 5.45. The van der Waals surface area contributed by atoms with Gasteiger partial charge in [-0.3, -0.25) is 4.98 Å². The zero-order valence-electron chi connectivity index (χ0n) is 11.5. The first kappa shape index (κ1) is 14.1. The molecule has 0 aliphatic heterocycles. The summed E-state index contributed by atoms with van der Waals surface area (Å²) < 4.78 is 0. The molecule has 1 unspecified atom stereocenters. The number of benzene rings is 1. The minimum Gasteiger partial charge on any atom is -0.310 e. The molecule has 1 heterocycles. The third kappa shape index (κ3) is 4.37. The number of nitrogens with one attached hydrogen (secondary N) is 1. The monoisotopic (exact) mass is 272 g/mol. The van der Waals surface area contributed by atoms with Crippen molar-refractivity contribution < 1.29 is 0 Å². The van der Waals surface area contributed by atoms with E-state index in [0.29, 0.717) is 6.04 Å². The number of hydrogen-bond donors (Lipinski definition) is 1. The summed E-state index contributed by atoms with van der Waals surface area (Å²) in [7, 11) is 0. The first-order chi connectivity index (χ1) is 9.29. The largest absolute Gasteiger partial charge is 0.310 e. The standard InChI is InChI=1S/C16H20N2S/c1-3-18-13(2)15-7-4-8-16(10-15)19-12-14-6-5-9-17-11-14/h4-11,13,18H,3,12H2,1-2H3. The summed E-state index contributed by atoms with van der Waals surface area (Å²) in [5.41, 5.74) is 2.61. The Morgan fingerprint density at radius 1 is 1.26 bits per heavy atom. The Morgan fingerprint density at radius 2 is 2.16 bits per heavy atom. The van der Waals surface area contributed by atoms with E-state index in [2.05, 4.69) is 54.5 Å². The molecule has 0 amide bonds. The van der Waals surface area contributed by atoms with Gasteiger partial charge in [0.15, 0.2) is 0 Å². The second-order valence-corrected chi connectivity index (χ2v) is 5.55. The molecule has 0 spiro atoms. The van der Waals surface area contributed by atoms with Gasteiger partial charge in [0.05, 0.1) is 0 Å². The number of aromatic nitrogens is 1. The molecule has 3 heteroatoms. The van der Waals surface area contributed by atoms with Crippen molar-refractivity contribution in [2.75, 3.05) is 6.54 Å². The highest BCUT2D eigenvalue weighted by Gasteiger charge is 2.04. The molecular formula is C16H20N2S. The van der Waals surface area contributed by atoms with Gasteiger partial charge in [-0.15, -0.1) is 11.8 Å². The van der Waals surface area contributed by atoms with Gasteiger partial charge < -0.3 is 5.32 Å². The second-order valence-electron chi connectivity index (χ2n) is 4.50. The van der Waals surface area contributed by atoms with Gasteiger partial charge in [-0.05, 0) is 42.8 Å². The van der Waals surface area contributed by atoms with Gasteiger partial charge in [-0.25, -0.2) is 0 Å². The molecule has 2 nitrogen and oxygen atoms in total. The molecule has 1 aromatic carbocycles. The quantitative estimate of drug-likeness (QED) is 0.803. The molecular weight excluding hydrogens is 252 g/mol. The van der Waals surface area contributed by atoms with E-state index in [-0.39, 0.29) is 0 Å². The van der Waals surface area contributed by atoms with Crippen LogP contribution in [0.5, 0.6) is 0 Å². The number of hydrogen-bond acceptors (Lipinski definition) is 3. The van der Waals surface area contributed by atoms with Crippen LogP contribution in [0.3, 0.4) is 0 Å². The Kier molecular flexibility index (Phi) is 5.43. The zero-order valence-corrected chi connectivity index (χ0v) is 12.3. The van der Waals surface area contributed by atoms with Crippen LogP contribution in [-0.2, 0) is 5.75 Å². The van der Waals surface area contributed by atoms with Crippen molar-refractivity contribution in [1.29, 1.82) is 0 Å². The van der Waals surface area contributed by atoms with Crippen molar-refractivity contribution in [3.8, 4) is 0 Å². The molecule has 0 saturated heterocycles. The fraction of sp³-hybridized carbons (Fsp3) is 0.312. The van der Waals surface area contributed by atoms with Crippen molar-refractivity contribution in [3.05, 3.63) is 59.9 Å². The van der Waals surface area contributed by atoms with E-state index in [1.54, 1.807) is 0 Å². The third-order valence-electron chi connectivity index (χ3n) is 3.00. The van der Waals surface area contributed by atoms with E-state index < -0.39 is 0 Å². The minimum atomic E-state index is 0.406. The molecule has 1 N–H and O–H groups in total. The smallest absolute Gasteiger partial charge is 0.0308 e. The topological polar surface area (TPSA) is 24.9 Å². The van der Waals surface area contributed by atoms with Crippen molar-refractivity contribution in [3.63, 3.8) is 0 Å². The number of thioether (sulfide) groups is 1. The average molecular weight is 272 g/mol. The van der Waals surface area contributed by atoms with Gasteiger partial charge in [0.1, 0.15) is 0 Å². The van der Waals surface area contributed by atoms with E-state index >= 15 is 0 Å². The van der Waals surface area contributed by atoms with E-state index in [1.807, 2.05) is 30.2 Å². The maximum absolute atomic E-state index is 4.14. The van der Waals surface area contributed by atoms with Crippen molar-refractivity contribution >= 4 is 11.8 Å². The lowest BCUT2D eigenvalue weighted by Gasteiger charge is -2.13. The summed E-state index contributed by atoms with van der Waals surface area (Å²) in [6.45, 7) is 5.33. The Morgan fingerprint density at radius 3 is 2.89 bits per heavy atom. The van der Waals surface area contributed by atoms with Crippen LogP contribution in [0.15, 0.2) is 53.7 Å². The summed E-state index contributed by atoms with van der Waals surface area (Å²) in [5, 5.41) is 3.44. The summed E-state index contributed by atoms with van der Waals surface area (Å²) >= 11 is 1.86. The summed E-state index contributed by atoms with van der Waals surface area (Å²) in [5.74, 6) is 0.965. The highest BCUT2D eigenvalue weighted by molar-refractivity contribution is 7.98. The van der Waals surface area contributed by atoms with Gasteiger partial charge in [-0.1, -0.05) is 25.1 Å². The molecule has 19 heavy (non-hydrogen) atoms. The maximum atomic E-state index is 4.14. The molecule has 100 valence electrons. The molecule has 2 aromatic rings. The fourth-order valence-corrected chi connectivity index (χ4v) is 2.85. The van der Waals surface area contributed by atoms with Crippen LogP contribution in [0.1, 0.15) is 31.0 Å². The van der Waals surface area contributed by atoms with Crippen molar-refractivity contribution in [2.45, 2.75) is 30.5 Å². The molecule has 0 aliphatic carbocycles. The van der Waals surface area contributed by atoms with Crippen molar-refractivity contribution in [1.82, 2.24) is 10.3 Å². The van der Waals surface area contributed by atoms with Crippen LogP contribution >= 0.6 is 11.8 Å². The lowest BCUT2D eigenvalue weighted by molar-refractivity contribution is 0.597. The van der Waals surface area contributed by atoms with Gasteiger partial charge in [0, 0.05) is 29.1 Å². The molecule has 0 fully saturated rings. The normalized spacial score (nSPS) is 12.3. The number of rotatable bonds is 6. The Balaban J connectivity index is 1.99. The zero-order chi connectivity index (χ0) is 13.5. The van der Waals surface area contributed by atoms with E-state index in [4.69, 9.17) is 0 Å². The average Bonchev–Trinajstić information content (AvgIpc) is 2.47. The van der Waals surface area contributed by atoms with Crippen LogP contribution in [0.4, 0.5) is 0 Å². The van der Waals surface area contributed by atoms with Crippen LogP contribution < -0.4 is 5.32 Å². The Labute approximate surface area is 119 Å². The lowest BCUT2D eigenvalue weighted by Crippen LogP contribution is -2.17. The van der Waals surface area contributed by atoms with Crippen LogP contribution in [-0.4, -0.2) is 11.5 Å². The summed E-state index contributed by atoms with van der Waals surface area (Å²) in [6, 6.07) is 13.3. The van der Waals surface area contributed by atoms with Gasteiger partial charge in [0.2, 0.25) is 0 Å². The maximum Gasteiger partial charge on any atom is 0.0308 e. The van der Waals surface area contributed by atoms with Gasteiger partial charge >= 0.3 is 0 Å². The highest BCUT2D eigenvalue weighted by atomic mass is 32.2. The molecule has 2 rings (SSSR count). The van der Waals surface area contributed by atoms with Gasteiger partial charge in [0.25, 0.3) is 0 Å². The molecule has 0 radical (unpaired) electrons. The molecule has 1 aromatic heterocycles. The number of pyridine rings is 1. The first-order valence-electron chi connectivity index (χ1n) is 6.64. The van der Waals surface area contributed by atoms with E-state index in [1.165, 1.54) is 16.0 Å². The fourth-order valence-electron chi connectivity index (χ4n) is 1.95. The third-order valence-corrected chi connectivity index (χ3v) is 4.06. The predicted octanol–water partition coefficient (Wildman–Crippen LogP) is 4.04.